The number of hydrogen-bond donors (Lipinski definition) is 2. The average molecular weight is 553 g/mol. The van der Waals surface area contributed by atoms with Gasteiger partial charge in [0.05, 0.1) is 32.6 Å². The van der Waals surface area contributed by atoms with Crippen molar-refractivity contribution < 1.29 is 28.8 Å². The number of benzene rings is 2. The summed E-state index contributed by atoms with van der Waals surface area (Å²) in [6.07, 6.45) is 1.37. The zero-order valence-corrected chi connectivity index (χ0v) is 21.5. The molecule has 2 N–H and O–H groups in total. The number of hydrazone groups is 1. The number of nitro benzene ring substituents is 3. The van der Waals surface area contributed by atoms with E-state index in [0.29, 0.717) is 16.9 Å². The van der Waals surface area contributed by atoms with Crippen molar-refractivity contribution in [3.05, 3.63) is 95.8 Å². The Balaban J connectivity index is 1.74. The number of nitro groups is 3. The number of rotatable bonds is 11. The first kappa shape index (κ1) is 29.1. The van der Waals surface area contributed by atoms with Gasteiger partial charge in [-0.3, -0.25) is 39.9 Å². The molecule has 0 unspecified atom stereocenters. The van der Waals surface area contributed by atoms with Gasteiger partial charge in [-0.25, -0.2) is 5.43 Å². The van der Waals surface area contributed by atoms with Gasteiger partial charge in [0.25, 0.3) is 28.9 Å². The molecule has 0 saturated heterocycles. The van der Waals surface area contributed by atoms with E-state index >= 15 is 0 Å². The highest BCUT2D eigenvalue weighted by Crippen LogP contribution is 2.30. The van der Waals surface area contributed by atoms with E-state index in [1.54, 1.807) is 39.0 Å². The lowest BCUT2D eigenvalue weighted by atomic mass is 10.0. The van der Waals surface area contributed by atoms with Crippen LogP contribution in [0.25, 0.3) is 11.3 Å². The molecule has 0 aliphatic rings. The molecule has 208 valence electrons. The molecular formula is C25H24N6O9. The predicted octanol–water partition coefficient (Wildman–Crippen LogP) is 4.27. The number of nitrogens with zero attached hydrogens (tertiary/aromatic N) is 4. The third kappa shape index (κ3) is 7.09. The molecule has 1 atom stereocenters. The zero-order chi connectivity index (χ0) is 29.6. The van der Waals surface area contributed by atoms with Gasteiger partial charge in [-0.05, 0) is 31.4 Å². The van der Waals surface area contributed by atoms with Crippen LogP contribution in [0.3, 0.4) is 0 Å². The van der Waals surface area contributed by atoms with Crippen LogP contribution in [0.15, 0.2) is 58.0 Å². The molecule has 3 aromatic rings. The number of hydrogen-bond acceptors (Lipinski definition) is 10. The SMILES string of the molecule is Cc1c(-c2ccc(/C=N\NC(=O)[C@@H](CC(C)C)NC(=O)c3cc([N+](=O)[O-])cc([N+](=O)[O-])c3)o2)cccc1[N+](=O)[O-]. The van der Waals surface area contributed by atoms with Gasteiger partial charge in [-0.2, -0.15) is 5.10 Å². The first-order valence-electron chi connectivity index (χ1n) is 11.8. The quantitative estimate of drug-likeness (QED) is 0.197. The third-order valence-corrected chi connectivity index (χ3v) is 5.68. The summed E-state index contributed by atoms with van der Waals surface area (Å²) >= 11 is 0. The standard InChI is InChI=1S/C25H24N6O9/c1-14(2)9-21(27-24(32)16-10-17(29(34)35)12-18(11-16)30(36)37)25(33)28-26-13-19-7-8-23(40-19)20-5-4-6-22(15(20)3)31(38)39/h4-8,10-14,21H,9H2,1-3H3,(H,27,32)(H,28,33)/b26-13-/t21-/m1/s1. The van der Waals surface area contributed by atoms with Gasteiger partial charge < -0.3 is 9.73 Å². The van der Waals surface area contributed by atoms with E-state index in [0.717, 1.165) is 18.2 Å². The van der Waals surface area contributed by atoms with E-state index in [9.17, 15) is 39.9 Å². The first-order chi connectivity index (χ1) is 18.9. The van der Waals surface area contributed by atoms with Crippen LogP contribution < -0.4 is 10.7 Å². The summed E-state index contributed by atoms with van der Waals surface area (Å²) in [5.74, 6) is -1.11. The van der Waals surface area contributed by atoms with Gasteiger partial charge >= 0.3 is 0 Å². The fourth-order valence-electron chi connectivity index (χ4n) is 3.77. The summed E-state index contributed by atoms with van der Waals surface area (Å²) in [6.45, 7) is 5.20. The molecule has 1 heterocycles. The molecule has 0 aliphatic carbocycles. The minimum absolute atomic E-state index is 0.0608. The molecule has 15 nitrogen and oxygen atoms in total. The summed E-state index contributed by atoms with van der Waals surface area (Å²) < 4.78 is 5.67. The molecule has 0 radical (unpaired) electrons. The van der Waals surface area contributed by atoms with Crippen molar-refractivity contribution in [2.24, 2.45) is 11.0 Å². The van der Waals surface area contributed by atoms with Crippen molar-refractivity contribution >= 4 is 35.1 Å². The maximum Gasteiger partial charge on any atom is 0.277 e. The van der Waals surface area contributed by atoms with Crippen molar-refractivity contribution in [2.45, 2.75) is 33.2 Å². The highest BCUT2D eigenvalue weighted by Gasteiger charge is 2.25. The van der Waals surface area contributed by atoms with Gasteiger partial charge in [-0.1, -0.05) is 26.0 Å². The zero-order valence-electron chi connectivity index (χ0n) is 21.5. The lowest BCUT2D eigenvalue weighted by molar-refractivity contribution is -0.394. The fraction of sp³-hybridized carbons (Fsp3) is 0.240. The van der Waals surface area contributed by atoms with Crippen LogP contribution in [0.5, 0.6) is 0 Å². The van der Waals surface area contributed by atoms with E-state index in [1.807, 2.05) is 0 Å². The van der Waals surface area contributed by atoms with Crippen molar-refractivity contribution in [3.63, 3.8) is 0 Å². The van der Waals surface area contributed by atoms with E-state index in [-0.39, 0.29) is 29.3 Å². The van der Waals surface area contributed by atoms with E-state index < -0.39 is 44.0 Å². The van der Waals surface area contributed by atoms with Crippen LogP contribution in [-0.4, -0.2) is 38.8 Å². The first-order valence-corrected chi connectivity index (χ1v) is 11.8. The summed E-state index contributed by atoms with van der Waals surface area (Å²) in [5, 5.41) is 39.8. The monoisotopic (exact) mass is 552 g/mol. The van der Waals surface area contributed by atoms with Crippen molar-refractivity contribution in [1.82, 2.24) is 10.7 Å². The summed E-state index contributed by atoms with van der Waals surface area (Å²) in [6, 6.07) is 9.08. The molecule has 0 fully saturated rings. The Morgan fingerprint density at radius 3 is 2.20 bits per heavy atom. The fourth-order valence-corrected chi connectivity index (χ4v) is 3.77. The summed E-state index contributed by atoms with van der Waals surface area (Å²) in [5.41, 5.74) is 1.51. The minimum atomic E-state index is -1.12. The van der Waals surface area contributed by atoms with Crippen molar-refractivity contribution in [1.29, 1.82) is 0 Å². The Kier molecular flexibility index (Phi) is 9.01. The lowest BCUT2D eigenvalue weighted by Crippen LogP contribution is -2.46. The van der Waals surface area contributed by atoms with Crippen molar-refractivity contribution in [3.8, 4) is 11.3 Å². The third-order valence-electron chi connectivity index (χ3n) is 5.68. The Bertz CT molecular complexity index is 1480. The van der Waals surface area contributed by atoms with Gasteiger partial charge in [-0.15, -0.1) is 0 Å². The molecule has 15 heteroatoms. The number of amides is 2. The van der Waals surface area contributed by atoms with Crippen LogP contribution >= 0.6 is 0 Å². The number of furan rings is 1. The second-order valence-electron chi connectivity index (χ2n) is 9.05. The highest BCUT2D eigenvalue weighted by atomic mass is 16.6. The largest absolute Gasteiger partial charge is 0.455 e. The van der Waals surface area contributed by atoms with Crippen LogP contribution in [0.4, 0.5) is 17.1 Å². The molecular weight excluding hydrogens is 528 g/mol. The maximum absolute atomic E-state index is 12.8. The van der Waals surface area contributed by atoms with Crippen LogP contribution in [0, 0.1) is 43.2 Å². The van der Waals surface area contributed by atoms with Gasteiger partial charge in [0.1, 0.15) is 17.6 Å². The lowest BCUT2D eigenvalue weighted by Gasteiger charge is -2.18. The smallest absolute Gasteiger partial charge is 0.277 e. The maximum atomic E-state index is 12.8. The van der Waals surface area contributed by atoms with Crippen LogP contribution in [-0.2, 0) is 4.79 Å². The van der Waals surface area contributed by atoms with E-state index in [1.165, 1.54) is 18.3 Å². The Morgan fingerprint density at radius 1 is 0.975 bits per heavy atom. The molecule has 3 rings (SSSR count). The van der Waals surface area contributed by atoms with Gasteiger partial charge in [0.2, 0.25) is 0 Å². The van der Waals surface area contributed by atoms with Gasteiger partial charge in [0, 0.05) is 29.3 Å². The predicted molar refractivity (Wildman–Crippen MR) is 142 cm³/mol. The summed E-state index contributed by atoms with van der Waals surface area (Å²) in [4.78, 5) is 56.9. The molecule has 1 aromatic heterocycles. The number of carbonyl (C=O) groups is 2. The van der Waals surface area contributed by atoms with Gasteiger partial charge in [0.15, 0.2) is 0 Å². The molecule has 0 aliphatic heterocycles. The van der Waals surface area contributed by atoms with Crippen molar-refractivity contribution in [2.75, 3.05) is 0 Å². The van der Waals surface area contributed by atoms with E-state index in [2.05, 4.69) is 15.8 Å². The second-order valence-corrected chi connectivity index (χ2v) is 9.05. The van der Waals surface area contributed by atoms with E-state index in [4.69, 9.17) is 4.42 Å². The molecule has 40 heavy (non-hydrogen) atoms. The minimum Gasteiger partial charge on any atom is -0.455 e. The van der Waals surface area contributed by atoms with Crippen LogP contribution in [0.1, 0.15) is 41.9 Å². The molecule has 0 bridgehead atoms. The normalized spacial score (nSPS) is 11.8. The molecule has 0 saturated carbocycles. The average Bonchev–Trinajstić information content (AvgIpc) is 3.36. The Hall–Kier alpha value is -5.47. The Labute approximate surface area is 226 Å². The van der Waals surface area contributed by atoms with Crippen LogP contribution in [0.2, 0.25) is 0 Å². The number of carbonyl (C=O) groups excluding carboxylic acids is 2. The molecule has 0 spiro atoms. The number of non-ortho nitro benzene ring substituents is 2. The topological polar surface area (TPSA) is 213 Å². The number of nitrogens with one attached hydrogen (secondary N) is 2. The molecule has 2 amide bonds. The molecule has 2 aromatic carbocycles. The highest BCUT2D eigenvalue weighted by molar-refractivity contribution is 5.98. The Morgan fingerprint density at radius 2 is 1.62 bits per heavy atom. The second kappa shape index (κ2) is 12.4. The summed E-state index contributed by atoms with van der Waals surface area (Å²) in [7, 11) is 0.